The van der Waals surface area contributed by atoms with Gasteiger partial charge in [0.15, 0.2) is 0 Å². The summed E-state index contributed by atoms with van der Waals surface area (Å²) < 4.78 is 39.5. The molecule has 112 valence electrons. The van der Waals surface area contributed by atoms with Crippen molar-refractivity contribution in [1.82, 2.24) is 4.31 Å². The summed E-state index contributed by atoms with van der Waals surface area (Å²) in [6.07, 6.45) is 1.87. The van der Waals surface area contributed by atoms with E-state index in [1.54, 1.807) is 0 Å². The second kappa shape index (κ2) is 6.20. The van der Waals surface area contributed by atoms with Gasteiger partial charge in [-0.3, -0.25) is 0 Å². The highest BCUT2D eigenvalue weighted by molar-refractivity contribution is 7.88. The first-order chi connectivity index (χ1) is 9.44. The third-order valence-electron chi connectivity index (χ3n) is 3.93. The molecule has 0 radical (unpaired) electrons. The predicted octanol–water partition coefficient (Wildman–Crippen LogP) is 1.71. The normalized spacial score (nSPS) is 24.8. The number of rotatable bonds is 4. The van der Waals surface area contributed by atoms with Crippen LogP contribution in [0.5, 0.6) is 0 Å². The molecule has 0 spiro atoms. The lowest BCUT2D eigenvalue weighted by Crippen LogP contribution is -2.51. The molecule has 4 nitrogen and oxygen atoms in total. The Bertz CT molecular complexity index is 545. The zero-order valence-corrected chi connectivity index (χ0v) is 12.4. The Hall–Kier alpha value is -0.980. The van der Waals surface area contributed by atoms with Gasteiger partial charge in [-0.1, -0.05) is 19.1 Å². The van der Waals surface area contributed by atoms with Crippen LogP contribution in [0.25, 0.3) is 0 Å². The summed E-state index contributed by atoms with van der Waals surface area (Å²) in [6.45, 7) is 2.90. The van der Waals surface area contributed by atoms with Gasteiger partial charge in [0.2, 0.25) is 10.0 Å². The summed E-state index contributed by atoms with van der Waals surface area (Å²) in [4.78, 5) is 0. The standard InChI is InChI=1S/C14H21FN2O2S/c1-11-3-2-8-17(14(11)9-16)20(18,19)10-12-4-6-13(15)7-5-12/h4-7,11,14H,2-3,8-10,16H2,1H3/t11-,14-/m0/s1. The fourth-order valence-corrected chi connectivity index (χ4v) is 4.67. The number of hydrogen-bond donors (Lipinski definition) is 1. The summed E-state index contributed by atoms with van der Waals surface area (Å²) in [5.41, 5.74) is 6.34. The van der Waals surface area contributed by atoms with Gasteiger partial charge in [0.1, 0.15) is 5.82 Å². The molecular formula is C14H21FN2O2S. The van der Waals surface area contributed by atoms with Gasteiger partial charge in [0.05, 0.1) is 5.75 Å². The molecule has 6 heteroatoms. The van der Waals surface area contributed by atoms with Gasteiger partial charge in [-0.05, 0) is 36.5 Å². The van der Waals surface area contributed by atoms with Crippen molar-refractivity contribution in [3.63, 3.8) is 0 Å². The van der Waals surface area contributed by atoms with E-state index in [1.807, 2.05) is 6.92 Å². The molecule has 0 bridgehead atoms. The van der Waals surface area contributed by atoms with Crippen LogP contribution in [0, 0.1) is 11.7 Å². The molecule has 0 aliphatic carbocycles. The van der Waals surface area contributed by atoms with Gasteiger partial charge in [0, 0.05) is 19.1 Å². The summed E-state index contributed by atoms with van der Waals surface area (Å²) in [7, 11) is -3.41. The average Bonchev–Trinajstić information content (AvgIpc) is 2.41. The third-order valence-corrected chi connectivity index (χ3v) is 5.79. The summed E-state index contributed by atoms with van der Waals surface area (Å²) in [6, 6.07) is 5.46. The fourth-order valence-electron chi connectivity index (χ4n) is 2.78. The number of hydrogen-bond acceptors (Lipinski definition) is 3. The van der Waals surface area contributed by atoms with Gasteiger partial charge in [-0.2, -0.15) is 4.31 Å². The topological polar surface area (TPSA) is 63.4 Å². The minimum atomic E-state index is -3.41. The van der Waals surface area contributed by atoms with Gasteiger partial charge >= 0.3 is 0 Å². The van der Waals surface area contributed by atoms with E-state index in [9.17, 15) is 12.8 Å². The Morgan fingerprint density at radius 1 is 1.35 bits per heavy atom. The zero-order valence-electron chi connectivity index (χ0n) is 11.6. The first kappa shape index (κ1) is 15.4. The number of nitrogens with two attached hydrogens (primary N) is 1. The number of sulfonamides is 1. The van der Waals surface area contributed by atoms with E-state index in [-0.39, 0.29) is 23.5 Å². The maximum atomic E-state index is 12.9. The van der Waals surface area contributed by atoms with Crippen LogP contribution in [0.1, 0.15) is 25.3 Å². The van der Waals surface area contributed by atoms with Crippen molar-refractivity contribution >= 4 is 10.0 Å². The molecule has 0 aromatic heterocycles. The van der Waals surface area contributed by atoms with Gasteiger partial charge in [0.25, 0.3) is 0 Å². The molecule has 1 aliphatic rings. The first-order valence-electron chi connectivity index (χ1n) is 6.88. The van der Waals surface area contributed by atoms with Crippen LogP contribution in [-0.4, -0.2) is 31.9 Å². The summed E-state index contributed by atoms with van der Waals surface area (Å²) >= 11 is 0. The van der Waals surface area contributed by atoms with Crippen LogP contribution in [0.4, 0.5) is 4.39 Å². The lowest BCUT2D eigenvalue weighted by Gasteiger charge is -2.38. The van der Waals surface area contributed by atoms with Crippen LogP contribution in [-0.2, 0) is 15.8 Å². The van der Waals surface area contributed by atoms with E-state index in [1.165, 1.54) is 28.6 Å². The Morgan fingerprint density at radius 2 is 2.00 bits per heavy atom. The Balaban J connectivity index is 2.18. The van der Waals surface area contributed by atoms with Crippen molar-refractivity contribution in [2.24, 2.45) is 11.7 Å². The molecule has 2 N–H and O–H groups in total. The number of halogens is 1. The van der Waals surface area contributed by atoms with Crippen molar-refractivity contribution in [2.75, 3.05) is 13.1 Å². The molecule has 2 atom stereocenters. The van der Waals surface area contributed by atoms with Crippen LogP contribution in [0.2, 0.25) is 0 Å². The minimum Gasteiger partial charge on any atom is -0.329 e. The summed E-state index contributed by atoms with van der Waals surface area (Å²) in [5.74, 6) is -0.189. The van der Waals surface area contributed by atoms with E-state index < -0.39 is 10.0 Å². The Labute approximate surface area is 119 Å². The number of nitrogens with zero attached hydrogens (tertiary/aromatic N) is 1. The molecule has 2 rings (SSSR count). The smallest absolute Gasteiger partial charge is 0.218 e. The van der Waals surface area contributed by atoms with E-state index in [0.717, 1.165) is 12.8 Å². The maximum absolute atomic E-state index is 12.9. The molecule has 1 aliphatic heterocycles. The van der Waals surface area contributed by atoms with Crippen LogP contribution in [0.15, 0.2) is 24.3 Å². The molecule has 20 heavy (non-hydrogen) atoms. The minimum absolute atomic E-state index is 0.101. The third kappa shape index (κ3) is 3.37. The van der Waals surface area contributed by atoms with Crippen molar-refractivity contribution < 1.29 is 12.8 Å². The Morgan fingerprint density at radius 3 is 2.60 bits per heavy atom. The van der Waals surface area contributed by atoms with Gasteiger partial charge in [-0.15, -0.1) is 0 Å². The summed E-state index contributed by atoms with van der Waals surface area (Å²) in [5, 5.41) is 0. The monoisotopic (exact) mass is 300 g/mol. The molecule has 0 saturated carbocycles. The maximum Gasteiger partial charge on any atom is 0.218 e. The first-order valence-corrected chi connectivity index (χ1v) is 8.49. The molecular weight excluding hydrogens is 279 g/mol. The SMILES string of the molecule is C[C@H]1CCCN(S(=O)(=O)Cc2ccc(F)cc2)[C@H]1CN. The second-order valence-corrected chi connectivity index (χ2v) is 7.34. The molecule has 1 aromatic carbocycles. The van der Waals surface area contributed by atoms with E-state index >= 15 is 0 Å². The van der Waals surface area contributed by atoms with Crippen molar-refractivity contribution in [2.45, 2.75) is 31.6 Å². The highest BCUT2D eigenvalue weighted by atomic mass is 32.2. The van der Waals surface area contributed by atoms with E-state index in [0.29, 0.717) is 18.7 Å². The fraction of sp³-hybridized carbons (Fsp3) is 0.571. The molecule has 1 saturated heterocycles. The number of piperidine rings is 1. The van der Waals surface area contributed by atoms with Crippen molar-refractivity contribution in [3.05, 3.63) is 35.6 Å². The Kier molecular flexibility index (Phi) is 4.78. The lowest BCUT2D eigenvalue weighted by molar-refractivity contribution is 0.192. The van der Waals surface area contributed by atoms with Crippen LogP contribution < -0.4 is 5.73 Å². The van der Waals surface area contributed by atoms with Gasteiger partial charge < -0.3 is 5.73 Å². The van der Waals surface area contributed by atoms with Crippen molar-refractivity contribution in [1.29, 1.82) is 0 Å². The molecule has 0 amide bonds. The quantitative estimate of drug-likeness (QED) is 0.921. The average molecular weight is 300 g/mol. The molecule has 1 fully saturated rings. The second-order valence-electron chi connectivity index (χ2n) is 5.42. The highest BCUT2D eigenvalue weighted by Crippen LogP contribution is 2.26. The predicted molar refractivity (Wildman–Crippen MR) is 77.0 cm³/mol. The van der Waals surface area contributed by atoms with Gasteiger partial charge in [-0.25, -0.2) is 12.8 Å². The van der Waals surface area contributed by atoms with Crippen LogP contribution >= 0.6 is 0 Å². The van der Waals surface area contributed by atoms with Crippen molar-refractivity contribution in [3.8, 4) is 0 Å². The molecule has 1 aromatic rings. The highest BCUT2D eigenvalue weighted by Gasteiger charge is 2.35. The number of benzene rings is 1. The van der Waals surface area contributed by atoms with Crippen LogP contribution in [0.3, 0.4) is 0 Å². The molecule has 0 unspecified atom stereocenters. The van der Waals surface area contributed by atoms with E-state index in [4.69, 9.17) is 5.73 Å². The largest absolute Gasteiger partial charge is 0.329 e. The lowest BCUT2D eigenvalue weighted by atomic mass is 9.93. The molecule has 1 heterocycles. The van der Waals surface area contributed by atoms with E-state index in [2.05, 4.69) is 0 Å². The zero-order chi connectivity index (χ0) is 14.8.